The molecular weight excluding hydrogens is 254 g/mol. The van der Waals surface area contributed by atoms with Crippen molar-refractivity contribution >= 4 is 17.1 Å². The summed E-state index contributed by atoms with van der Waals surface area (Å²) in [5.41, 5.74) is 3.10. The molecule has 0 spiro atoms. The second kappa shape index (κ2) is 4.78. The molecule has 1 aliphatic carbocycles. The normalized spacial score (nSPS) is 17.1. The molecule has 4 nitrogen and oxygen atoms in total. The fraction of sp³-hybridized carbons (Fsp3) is 0.375. The number of carbonyl (C=O) groups is 1. The number of methoxy groups -OCH3 is 2. The summed E-state index contributed by atoms with van der Waals surface area (Å²) < 4.78 is 11.0. The minimum atomic E-state index is -0.0876. The van der Waals surface area contributed by atoms with Gasteiger partial charge in [0.15, 0.2) is 0 Å². The number of hydrogen-bond donors (Lipinski definition) is 0. The summed E-state index contributed by atoms with van der Waals surface area (Å²) in [4.78, 5) is 15.7. The highest BCUT2D eigenvalue weighted by atomic mass is 16.5. The van der Waals surface area contributed by atoms with Crippen LogP contribution in [-0.2, 0) is 11.2 Å². The molecule has 0 radical (unpaired) electrons. The smallest absolute Gasteiger partial charge is 0.225 e. The molecule has 1 heterocycles. The van der Waals surface area contributed by atoms with Crippen LogP contribution in [0.3, 0.4) is 0 Å². The second-order valence-corrected chi connectivity index (χ2v) is 5.13. The summed E-state index contributed by atoms with van der Waals surface area (Å²) >= 11 is 0. The first-order valence-electron chi connectivity index (χ1n) is 6.70. The number of fused-ring (bicyclic) bond motifs is 2. The molecule has 2 aromatic rings. The Morgan fingerprint density at radius 3 is 2.75 bits per heavy atom. The molecule has 1 atom stereocenters. The largest absolute Gasteiger partial charge is 0.496 e. The van der Waals surface area contributed by atoms with Crippen LogP contribution in [0.5, 0.6) is 11.6 Å². The highest BCUT2D eigenvalue weighted by Gasteiger charge is 2.29. The van der Waals surface area contributed by atoms with Gasteiger partial charge in [0, 0.05) is 17.2 Å². The summed E-state index contributed by atoms with van der Waals surface area (Å²) in [6, 6.07) is 4.16. The van der Waals surface area contributed by atoms with Crippen molar-refractivity contribution in [3.63, 3.8) is 0 Å². The Labute approximate surface area is 117 Å². The Kier molecular flexibility index (Phi) is 3.08. The van der Waals surface area contributed by atoms with E-state index in [9.17, 15) is 4.79 Å². The molecule has 0 fully saturated rings. The number of nitrogens with zero attached hydrogens (tertiary/aromatic N) is 1. The standard InChI is InChI=1S/C16H17NO3/c1-9-6-12-7-10-4-5-11(8-18)13(10)15(19-2)14(12)16(17-9)20-3/h6-8,11H,4-5H2,1-3H3. The van der Waals surface area contributed by atoms with Crippen molar-refractivity contribution in [3.8, 4) is 11.6 Å². The number of benzene rings is 1. The Morgan fingerprint density at radius 1 is 1.30 bits per heavy atom. The van der Waals surface area contributed by atoms with E-state index in [-0.39, 0.29) is 5.92 Å². The van der Waals surface area contributed by atoms with E-state index < -0.39 is 0 Å². The molecule has 0 bridgehead atoms. The minimum absolute atomic E-state index is 0.0876. The molecule has 1 unspecified atom stereocenters. The summed E-state index contributed by atoms with van der Waals surface area (Å²) in [7, 11) is 3.24. The van der Waals surface area contributed by atoms with E-state index >= 15 is 0 Å². The molecule has 0 aliphatic heterocycles. The first kappa shape index (κ1) is 12.9. The zero-order valence-electron chi connectivity index (χ0n) is 11.9. The number of aromatic nitrogens is 1. The summed E-state index contributed by atoms with van der Waals surface area (Å²) in [5.74, 6) is 1.20. The van der Waals surface area contributed by atoms with Crippen LogP contribution < -0.4 is 9.47 Å². The van der Waals surface area contributed by atoms with E-state index in [1.807, 2.05) is 13.0 Å². The topological polar surface area (TPSA) is 48.4 Å². The summed E-state index contributed by atoms with van der Waals surface area (Å²) in [6.07, 6.45) is 2.77. The molecule has 20 heavy (non-hydrogen) atoms. The van der Waals surface area contributed by atoms with Gasteiger partial charge in [0.2, 0.25) is 5.88 Å². The molecule has 0 saturated carbocycles. The molecule has 104 valence electrons. The van der Waals surface area contributed by atoms with Crippen molar-refractivity contribution in [3.05, 3.63) is 29.0 Å². The van der Waals surface area contributed by atoms with Crippen LogP contribution in [0.1, 0.15) is 29.2 Å². The first-order valence-corrected chi connectivity index (χ1v) is 6.70. The maximum Gasteiger partial charge on any atom is 0.225 e. The van der Waals surface area contributed by atoms with Gasteiger partial charge in [-0.1, -0.05) is 6.07 Å². The highest BCUT2D eigenvalue weighted by molar-refractivity contribution is 5.96. The fourth-order valence-corrected chi connectivity index (χ4v) is 3.12. The average molecular weight is 271 g/mol. The Hall–Kier alpha value is -2.10. The maximum atomic E-state index is 11.3. The Balaban J connectivity index is 2.42. The van der Waals surface area contributed by atoms with Crippen molar-refractivity contribution in [1.82, 2.24) is 4.98 Å². The molecule has 0 N–H and O–H groups in total. The lowest BCUT2D eigenvalue weighted by Gasteiger charge is -2.16. The number of pyridine rings is 1. The van der Waals surface area contributed by atoms with E-state index in [0.29, 0.717) is 5.88 Å². The van der Waals surface area contributed by atoms with E-state index in [4.69, 9.17) is 9.47 Å². The van der Waals surface area contributed by atoms with Crippen molar-refractivity contribution in [2.24, 2.45) is 0 Å². The summed E-state index contributed by atoms with van der Waals surface area (Å²) in [5, 5.41) is 1.91. The molecule has 0 saturated heterocycles. The molecule has 1 aromatic heterocycles. The fourth-order valence-electron chi connectivity index (χ4n) is 3.12. The number of rotatable bonds is 3. The van der Waals surface area contributed by atoms with Crippen molar-refractivity contribution in [2.45, 2.75) is 25.7 Å². The molecule has 3 rings (SSSR count). The van der Waals surface area contributed by atoms with Crippen LogP contribution in [0.2, 0.25) is 0 Å². The number of carbonyl (C=O) groups excluding carboxylic acids is 1. The molecule has 1 aliphatic rings. The van der Waals surface area contributed by atoms with Crippen molar-refractivity contribution in [2.75, 3.05) is 14.2 Å². The average Bonchev–Trinajstić information content (AvgIpc) is 2.86. The number of aryl methyl sites for hydroxylation is 2. The lowest BCUT2D eigenvalue weighted by molar-refractivity contribution is -0.109. The number of aldehydes is 1. The van der Waals surface area contributed by atoms with Gasteiger partial charge in [0.1, 0.15) is 12.0 Å². The summed E-state index contributed by atoms with van der Waals surface area (Å²) in [6.45, 7) is 1.94. The van der Waals surface area contributed by atoms with Gasteiger partial charge in [-0.15, -0.1) is 0 Å². The maximum absolute atomic E-state index is 11.3. The predicted molar refractivity (Wildman–Crippen MR) is 76.7 cm³/mol. The number of ether oxygens (including phenoxy) is 2. The van der Waals surface area contributed by atoms with Gasteiger partial charge in [0.05, 0.1) is 19.6 Å². The predicted octanol–water partition coefficient (Wildman–Crippen LogP) is 2.79. The third kappa shape index (κ3) is 1.75. The van der Waals surface area contributed by atoms with E-state index in [1.165, 1.54) is 5.56 Å². The van der Waals surface area contributed by atoms with E-state index in [2.05, 4.69) is 11.1 Å². The van der Waals surface area contributed by atoms with Gasteiger partial charge in [-0.3, -0.25) is 0 Å². The van der Waals surface area contributed by atoms with Crippen LogP contribution >= 0.6 is 0 Å². The zero-order chi connectivity index (χ0) is 14.3. The monoisotopic (exact) mass is 271 g/mol. The Bertz CT molecular complexity index is 694. The third-order valence-electron chi connectivity index (χ3n) is 3.95. The van der Waals surface area contributed by atoms with Crippen molar-refractivity contribution < 1.29 is 14.3 Å². The highest BCUT2D eigenvalue weighted by Crippen LogP contribution is 2.45. The molecule has 1 aromatic carbocycles. The first-order chi connectivity index (χ1) is 9.69. The van der Waals surface area contributed by atoms with Crippen LogP contribution in [0.4, 0.5) is 0 Å². The van der Waals surface area contributed by atoms with Crippen LogP contribution in [0.15, 0.2) is 12.1 Å². The van der Waals surface area contributed by atoms with Gasteiger partial charge >= 0.3 is 0 Å². The minimum Gasteiger partial charge on any atom is -0.496 e. The van der Waals surface area contributed by atoms with Gasteiger partial charge in [-0.2, -0.15) is 0 Å². The van der Waals surface area contributed by atoms with E-state index in [0.717, 1.165) is 46.9 Å². The van der Waals surface area contributed by atoms with Gasteiger partial charge in [0.25, 0.3) is 0 Å². The lowest BCUT2D eigenvalue weighted by Crippen LogP contribution is -2.01. The second-order valence-electron chi connectivity index (χ2n) is 5.13. The van der Waals surface area contributed by atoms with Crippen LogP contribution in [-0.4, -0.2) is 25.5 Å². The quantitative estimate of drug-likeness (QED) is 0.805. The van der Waals surface area contributed by atoms with E-state index in [1.54, 1.807) is 14.2 Å². The Morgan fingerprint density at radius 2 is 2.10 bits per heavy atom. The van der Waals surface area contributed by atoms with Gasteiger partial charge < -0.3 is 14.3 Å². The van der Waals surface area contributed by atoms with Crippen LogP contribution in [0.25, 0.3) is 10.8 Å². The lowest BCUT2D eigenvalue weighted by atomic mass is 9.97. The third-order valence-corrected chi connectivity index (χ3v) is 3.95. The van der Waals surface area contributed by atoms with Crippen LogP contribution in [0, 0.1) is 6.92 Å². The number of hydrogen-bond acceptors (Lipinski definition) is 4. The molecular formula is C16H17NO3. The van der Waals surface area contributed by atoms with Crippen molar-refractivity contribution in [1.29, 1.82) is 0 Å². The molecule has 4 heteroatoms. The van der Waals surface area contributed by atoms with Gasteiger partial charge in [-0.25, -0.2) is 4.98 Å². The zero-order valence-corrected chi connectivity index (χ0v) is 11.9. The van der Waals surface area contributed by atoms with Gasteiger partial charge in [-0.05, 0) is 36.8 Å². The SMILES string of the molecule is COc1nc(C)cc2cc3c(c(OC)c12)C(C=O)CC3. The molecule has 0 amide bonds.